The van der Waals surface area contributed by atoms with Gasteiger partial charge in [0, 0.05) is 0 Å². The number of rotatable bonds is 0. The van der Waals surface area contributed by atoms with Gasteiger partial charge in [-0.3, -0.25) is 0 Å². The van der Waals surface area contributed by atoms with Crippen LogP contribution < -0.4 is 0 Å². The van der Waals surface area contributed by atoms with Gasteiger partial charge in [0.25, 0.3) is 0 Å². The summed E-state index contributed by atoms with van der Waals surface area (Å²) in [5, 5.41) is 3.35. The molecule has 10 heavy (non-hydrogen) atoms. The molecule has 1 heterocycles. The van der Waals surface area contributed by atoms with Crippen LogP contribution in [0.15, 0.2) is 23.0 Å². The number of hydrogen-bond acceptors (Lipinski definition) is 3. The molecule has 1 rings (SSSR count). The summed E-state index contributed by atoms with van der Waals surface area (Å²) in [6, 6.07) is 1.72. The Balaban J connectivity index is 0.000000162. The largest absolute Gasteiger partial charge is 0.466 e. The van der Waals surface area contributed by atoms with Crippen LogP contribution in [-0.4, -0.2) is 19.8 Å². The highest BCUT2D eigenvalue weighted by Gasteiger charge is 2.00. The maximum Gasteiger partial charge on any atom is 0.466 e. The van der Waals surface area contributed by atoms with Crippen LogP contribution in [0.4, 0.5) is 0 Å². The highest BCUT2D eigenvalue weighted by molar-refractivity contribution is 7.45. The summed E-state index contributed by atoms with van der Waals surface area (Å²) in [4.78, 5) is 21.6. The first-order chi connectivity index (χ1) is 4.50. The molecule has 1 aromatic heterocycles. The maximum absolute atomic E-state index is 8.88. The van der Waals surface area contributed by atoms with Crippen molar-refractivity contribution in [3.63, 3.8) is 0 Å². The Kier molecular flexibility index (Phi) is 3.90. The van der Waals surface area contributed by atoms with Crippen LogP contribution >= 0.6 is 7.82 Å². The van der Waals surface area contributed by atoms with Crippen molar-refractivity contribution in [3.05, 3.63) is 18.5 Å². The zero-order valence-corrected chi connectivity index (χ0v) is 5.68. The molecule has 0 atom stereocenters. The van der Waals surface area contributed by atoms with Crippen molar-refractivity contribution in [3.8, 4) is 0 Å². The van der Waals surface area contributed by atoms with E-state index in [1.165, 1.54) is 6.26 Å². The Morgan fingerprint density at radius 2 is 1.90 bits per heavy atom. The third kappa shape index (κ3) is 15.7. The Bertz CT molecular complexity index is 165. The third-order valence-electron chi connectivity index (χ3n) is 0.347. The van der Waals surface area contributed by atoms with Crippen molar-refractivity contribution in [2.75, 3.05) is 0 Å². The Labute approximate surface area is 56.3 Å². The monoisotopic (exact) mass is 167 g/mol. The smallest absolute Gasteiger partial charge is 0.365 e. The Morgan fingerprint density at radius 3 is 2.00 bits per heavy atom. The SMILES string of the molecule is O=P(O)(O)O.c1cnoc1. The molecular weight excluding hydrogens is 161 g/mol. The van der Waals surface area contributed by atoms with Crippen LogP contribution in [-0.2, 0) is 4.57 Å². The summed E-state index contributed by atoms with van der Waals surface area (Å²) in [5.41, 5.74) is 0. The summed E-state index contributed by atoms with van der Waals surface area (Å²) in [6.45, 7) is 0. The van der Waals surface area contributed by atoms with Gasteiger partial charge in [-0.25, -0.2) is 4.57 Å². The minimum Gasteiger partial charge on any atom is -0.365 e. The van der Waals surface area contributed by atoms with Crippen LogP contribution in [0.25, 0.3) is 0 Å². The molecule has 0 fully saturated rings. The molecule has 0 aliphatic heterocycles. The first kappa shape index (κ1) is 9.32. The zero-order chi connectivity index (χ0) is 8.04. The normalized spacial score (nSPS) is 9.90. The van der Waals surface area contributed by atoms with Crippen LogP contribution in [0.3, 0.4) is 0 Å². The van der Waals surface area contributed by atoms with Gasteiger partial charge in [-0.05, 0) is 6.07 Å². The molecule has 0 amide bonds. The minimum atomic E-state index is -4.64. The van der Waals surface area contributed by atoms with E-state index in [4.69, 9.17) is 19.2 Å². The second-order valence-electron chi connectivity index (χ2n) is 1.20. The summed E-state index contributed by atoms with van der Waals surface area (Å²) in [7, 11) is -4.64. The lowest BCUT2D eigenvalue weighted by atomic mass is 10.8. The molecule has 0 aliphatic rings. The molecule has 3 N–H and O–H groups in total. The predicted octanol–water partition coefficient (Wildman–Crippen LogP) is -0.254. The predicted molar refractivity (Wildman–Crippen MR) is 30.8 cm³/mol. The highest BCUT2D eigenvalue weighted by atomic mass is 31.2. The lowest BCUT2D eigenvalue weighted by molar-refractivity contribution is 0.275. The molecule has 6 nitrogen and oxygen atoms in total. The average molecular weight is 167 g/mol. The minimum absolute atomic E-state index is 1.51. The van der Waals surface area contributed by atoms with E-state index in [1.54, 1.807) is 12.3 Å². The van der Waals surface area contributed by atoms with E-state index < -0.39 is 7.82 Å². The van der Waals surface area contributed by atoms with Crippen LogP contribution in [0, 0.1) is 0 Å². The Hall–Kier alpha value is -0.680. The molecule has 0 radical (unpaired) electrons. The lowest BCUT2D eigenvalue weighted by Crippen LogP contribution is -1.66. The van der Waals surface area contributed by atoms with Gasteiger partial charge < -0.3 is 19.2 Å². The van der Waals surface area contributed by atoms with Crippen LogP contribution in [0.2, 0.25) is 0 Å². The summed E-state index contributed by atoms with van der Waals surface area (Å²) in [6.07, 6.45) is 3.10. The zero-order valence-electron chi connectivity index (χ0n) is 4.78. The molecule has 0 unspecified atom stereocenters. The average Bonchev–Trinajstić information content (AvgIpc) is 2.07. The van der Waals surface area contributed by atoms with Gasteiger partial charge in [-0.15, -0.1) is 0 Å². The fourth-order valence-electron chi connectivity index (χ4n) is 0.176. The van der Waals surface area contributed by atoms with Gasteiger partial charge >= 0.3 is 7.82 Å². The van der Waals surface area contributed by atoms with E-state index in [1.807, 2.05) is 0 Å². The molecule has 0 aromatic carbocycles. The fourth-order valence-corrected chi connectivity index (χ4v) is 0.176. The van der Waals surface area contributed by atoms with Crippen molar-refractivity contribution >= 4 is 7.82 Å². The van der Waals surface area contributed by atoms with Crippen molar-refractivity contribution < 1.29 is 23.8 Å². The van der Waals surface area contributed by atoms with Gasteiger partial charge in [-0.1, -0.05) is 5.16 Å². The van der Waals surface area contributed by atoms with Crippen LogP contribution in [0.5, 0.6) is 0 Å². The van der Waals surface area contributed by atoms with Gasteiger partial charge in [0.2, 0.25) is 0 Å². The molecule has 7 heteroatoms. The van der Waals surface area contributed by atoms with E-state index >= 15 is 0 Å². The van der Waals surface area contributed by atoms with E-state index in [9.17, 15) is 0 Å². The van der Waals surface area contributed by atoms with Gasteiger partial charge in [0.05, 0.1) is 6.20 Å². The molecule has 0 saturated carbocycles. The van der Waals surface area contributed by atoms with Gasteiger partial charge in [-0.2, -0.15) is 0 Å². The number of aromatic nitrogens is 1. The molecular formula is C3H6NO5P. The lowest BCUT2D eigenvalue weighted by Gasteiger charge is -1.82. The molecule has 0 bridgehead atoms. The van der Waals surface area contributed by atoms with Gasteiger partial charge in [0.1, 0.15) is 6.26 Å². The number of nitrogens with zero attached hydrogens (tertiary/aromatic N) is 1. The van der Waals surface area contributed by atoms with Crippen molar-refractivity contribution in [1.29, 1.82) is 0 Å². The first-order valence-electron chi connectivity index (χ1n) is 2.13. The fraction of sp³-hybridized carbons (Fsp3) is 0. The van der Waals surface area contributed by atoms with E-state index in [0.29, 0.717) is 0 Å². The second-order valence-corrected chi connectivity index (χ2v) is 2.23. The molecule has 0 spiro atoms. The second kappa shape index (κ2) is 4.19. The standard InChI is InChI=1S/C3H3NO.H3O4P/c1-2-4-5-3-1;1-5(2,3)4/h1-3H;(H3,1,2,3,4). The summed E-state index contributed by atoms with van der Waals surface area (Å²) < 4.78 is 13.2. The maximum atomic E-state index is 8.88. The molecule has 58 valence electrons. The topological polar surface area (TPSA) is 104 Å². The van der Waals surface area contributed by atoms with Crippen molar-refractivity contribution in [1.82, 2.24) is 5.16 Å². The van der Waals surface area contributed by atoms with E-state index in [2.05, 4.69) is 9.68 Å². The third-order valence-corrected chi connectivity index (χ3v) is 0.347. The number of phosphoric acid groups is 1. The highest BCUT2D eigenvalue weighted by Crippen LogP contribution is 2.25. The summed E-state index contributed by atoms with van der Waals surface area (Å²) in [5.74, 6) is 0. The van der Waals surface area contributed by atoms with Gasteiger partial charge in [0.15, 0.2) is 0 Å². The molecule has 0 aliphatic carbocycles. The van der Waals surface area contributed by atoms with Crippen LogP contribution in [0.1, 0.15) is 0 Å². The number of hydrogen-bond donors (Lipinski definition) is 3. The van der Waals surface area contributed by atoms with Crippen molar-refractivity contribution in [2.24, 2.45) is 0 Å². The first-order valence-corrected chi connectivity index (χ1v) is 3.69. The van der Waals surface area contributed by atoms with E-state index in [0.717, 1.165) is 0 Å². The van der Waals surface area contributed by atoms with E-state index in [-0.39, 0.29) is 0 Å². The summed E-state index contributed by atoms with van der Waals surface area (Å²) >= 11 is 0. The molecule has 0 saturated heterocycles. The quantitative estimate of drug-likeness (QED) is 0.460. The molecule has 1 aromatic rings. The Morgan fingerprint density at radius 1 is 1.40 bits per heavy atom. The van der Waals surface area contributed by atoms with Crippen molar-refractivity contribution in [2.45, 2.75) is 0 Å².